The second kappa shape index (κ2) is 4.39. The van der Waals surface area contributed by atoms with Crippen LogP contribution in [0.4, 0.5) is 5.69 Å². The maximum atomic E-state index is 12.0. The molecular weight excluding hydrogens is 240 g/mol. The summed E-state index contributed by atoms with van der Waals surface area (Å²) in [5, 5.41) is 4.77. The number of benzene rings is 2. The Morgan fingerprint density at radius 2 is 1.84 bits per heavy atom. The van der Waals surface area contributed by atoms with E-state index >= 15 is 0 Å². The molecule has 19 heavy (non-hydrogen) atoms. The molecule has 96 valence electrons. The highest BCUT2D eigenvalue weighted by atomic mass is 16.2. The summed E-state index contributed by atoms with van der Waals surface area (Å²) < 4.78 is 0. The van der Waals surface area contributed by atoms with E-state index in [9.17, 15) is 9.59 Å². The van der Waals surface area contributed by atoms with Crippen molar-refractivity contribution in [2.75, 3.05) is 11.4 Å². The molecule has 4 heteroatoms. The number of carbonyl (C=O) groups excluding carboxylic acids is 2. The monoisotopic (exact) mass is 254 g/mol. The quantitative estimate of drug-likeness (QED) is 0.842. The van der Waals surface area contributed by atoms with Crippen LogP contribution in [0.5, 0.6) is 0 Å². The minimum Gasteiger partial charge on any atom is -0.345 e. The number of hydrogen-bond acceptors (Lipinski definition) is 2. The van der Waals surface area contributed by atoms with Gasteiger partial charge in [-0.3, -0.25) is 14.5 Å². The molecule has 2 amide bonds. The Hall–Kier alpha value is -2.36. The number of nitrogens with one attached hydrogen (secondary N) is 1. The Balaban J connectivity index is 2.07. The number of carbonyl (C=O) groups is 2. The first-order valence-electron chi connectivity index (χ1n) is 6.25. The SMILES string of the molecule is CC1C(=O)NCC(=O)N1c1ccc2ccccc2c1. The second-order valence-corrected chi connectivity index (χ2v) is 4.69. The number of anilines is 1. The van der Waals surface area contributed by atoms with Crippen molar-refractivity contribution < 1.29 is 9.59 Å². The van der Waals surface area contributed by atoms with Crippen molar-refractivity contribution in [3.05, 3.63) is 42.5 Å². The van der Waals surface area contributed by atoms with E-state index in [1.165, 1.54) is 0 Å². The summed E-state index contributed by atoms with van der Waals surface area (Å²) in [6.45, 7) is 1.80. The molecule has 3 rings (SSSR count). The van der Waals surface area contributed by atoms with Crippen LogP contribution in [0.3, 0.4) is 0 Å². The Morgan fingerprint density at radius 1 is 1.11 bits per heavy atom. The van der Waals surface area contributed by atoms with Crippen LogP contribution in [-0.2, 0) is 9.59 Å². The Labute approximate surface area is 111 Å². The van der Waals surface area contributed by atoms with Gasteiger partial charge in [0.05, 0.1) is 6.54 Å². The molecule has 1 aliphatic rings. The van der Waals surface area contributed by atoms with Gasteiger partial charge in [-0.15, -0.1) is 0 Å². The average Bonchev–Trinajstić information content (AvgIpc) is 2.43. The first-order valence-corrected chi connectivity index (χ1v) is 6.25. The lowest BCUT2D eigenvalue weighted by molar-refractivity contribution is -0.130. The number of fused-ring (bicyclic) bond motifs is 1. The van der Waals surface area contributed by atoms with Crippen LogP contribution in [-0.4, -0.2) is 24.4 Å². The molecule has 1 saturated heterocycles. The number of rotatable bonds is 1. The van der Waals surface area contributed by atoms with Crippen molar-refractivity contribution in [2.45, 2.75) is 13.0 Å². The molecular formula is C15H14N2O2. The van der Waals surface area contributed by atoms with Crippen molar-refractivity contribution in [3.8, 4) is 0 Å². The van der Waals surface area contributed by atoms with Crippen molar-refractivity contribution in [2.24, 2.45) is 0 Å². The molecule has 1 aliphatic heterocycles. The van der Waals surface area contributed by atoms with Gasteiger partial charge in [0.2, 0.25) is 11.8 Å². The molecule has 2 aromatic carbocycles. The maximum absolute atomic E-state index is 12.0. The van der Waals surface area contributed by atoms with Crippen molar-refractivity contribution in [1.29, 1.82) is 0 Å². The first-order chi connectivity index (χ1) is 9.16. The van der Waals surface area contributed by atoms with Gasteiger partial charge >= 0.3 is 0 Å². The first kappa shape index (κ1) is 11.7. The minimum absolute atomic E-state index is 0.0655. The van der Waals surface area contributed by atoms with Gasteiger partial charge in [0.1, 0.15) is 6.04 Å². The topological polar surface area (TPSA) is 49.4 Å². The lowest BCUT2D eigenvalue weighted by Crippen LogP contribution is -2.57. The smallest absolute Gasteiger partial charge is 0.247 e. The van der Waals surface area contributed by atoms with E-state index in [2.05, 4.69) is 5.32 Å². The Morgan fingerprint density at radius 3 is 2.63 bits per heavy atom. The predicted octanol–water partition coefficient (Wildman–Crippen LogP) is 1.69. The average molecular weight is 254 g/mol. The zero-order chi connectivity index (χ0) is 13.4. The van der Waals surface area contributed by atoms with Gasteiger partial charge in [-0.05, 0) is 29.8 Å². The molecule has 1 N–H and O–H groups in total. The standard InChI is InChI=1S/C15H14N2O2/c1-10-15(19)16-9-14(18)17(10)13-7-6-11-4-2-3-5-12(11)8-13/h2-8,10H,9H2,1H3,(H,16,19). The fourth-order valence-electron chi connectivity index (χ4n) is 2.42. The highest BCUT2D eigenvalue weighted by molar-refractivity contribution is 6.07. The highest BCUT2D eigenvalue weighted by Gasteiger charge is 2.31. The summed E-state index contributed by atoms with van der Waals surface area (Å²) in [7, 11) is 0. The molecule has 0 aliphatic carbocycles. The normalized spacial score (nSPS) is 19.6. The zero-order valence-corrected chi connectivity index (χ0v) is 10.6. The van der Waals surface area contributed by atoms with E-state index in [4.69, 9.17) is 0 Å². The number of hydrogen-bond donors (Lipinski definition) is 1. The third-order valence-corrected chi connectivity index (χ3v) is 3.46. The van der Waals surface area contributed by atoms with E-state index in [0.29, 0.717) is 0 Å². The van der Waals surface area contributed by atoms with Gasteiger partial charge in [-0.25, -0.2) is 0 Å². The summed E-state index contributed by atoms with van der Waals surface area (Å²) in [5.41, 5.74) is 0.769. The van der Waals surface area contributed by atoms with Crippen LogP contribution in [0.25, 0.3) is 10.8 Å². The minimum atomic E-state index is -0.470. The molecule has 0 radical (unpaired) electrons. The molecule has 0 aromatic heterocycles. The summed E-state index contributed by atoms with van der Waals surface area (Å²) in [6.07, 6.45) is 0. The lowest BCUT2D eigenvalue weighted by atomic mass is 10.1. The summed E-state index contributed by atoms with van der Waals surface area (Å²) in [5.74, 6) is -0.199. The van der Waals surface area contributed by atoms with E-state index < -0.39 is 6.04 Å². The van der Waals surface area contributed by atoms with Crippen molar-refractivity contribution >= 4 is 28.3 Å². The molecule has 0 spiro atoms. The van der Waals surface area contributed by atoms with E-state index in [1.54, 1.807) is 11.8 Å². The number of piperazine rings is 1. The third-order valence-electron chi connectivity index (χ3n) is 3.46. The molecule has 1 atom stereocenters. The van der Waals surface area contributed by atoms with Gasteiger partial charge in [0, 0.05) is 5.69 Å². The van der Waals surface area contributed by atoms with Crippen LogP contribution < -0.4 is 10.2 Å². The summed E-state index contributed by atoms with van der Waals surface area (Å²) >= 11 is 0. The molecule has 0 saturated carbocycles. The predicted molar refractivity (Wildman–Crippen MR) is 73.9 cm³/mol. The van der Waals surface area contributed by atoms with Crippen LogP contribution >= 0.6 is 0 Å². The fraction of sp³-hybridized carbons (Fsp3) is 0.200. The Kier molecular flexibility index (Phi) is 2.71. The lowest BCUT2D eigenvalue weighted by Gasteiger charge is -2.32. The maximum Gasteiger partial charge on any atom is 0.247 e. The second-order valence-electron chi connectivity index (χ2n) is 4.69. The molecule has 0 bridgehead atoms. The summed E-state index contributed by atoms with van der Waals surface area (Å²) in [4.78, 5) is 25.2. The van der Waals surface area contributed by atoms with Crippen LogP contribution in [0, 0.1) is 0 Å². The molecule has 1 unspecified atom stereocenters. The van der Waals surface area contributed by atoms with Gasteiger partial charge < -0.3 is 5.32 Å². The van der Waals surface area contributed by atoms with Crippen LogP contribution in [0.1, 0.15) is 6.92 Å². The fourth-order valence-corrected chi connectivity index (χ4v) is 2.42. The van der Waals surface area contributed by atoms with E-state index in [1.807, 2.05) is 42.5 Å². The summed E-state index contributed by atoms with van der Waals surface area (Å²) in [6, 6.07) is 13.3. The van der Waals surface area contributed by atoms with Crippen molar-refractivity contribution in [1.82, 2.24) is 5.32 Å². The molecule has 4 nitrogen and oxygen atoms in total. The van der Waals surface area contributed by atoms with Gasteiger partial charge in [-0.1, -0.05) is 30.3 Å². The molecule has 2 aromatic rings. The van der Waals surface area contributed by atoms with Gasteiger partial charge in [0.25, 0.3) is 0 Å². The Bertz CT molecular complexity index is 666. The van der Waals surface area contributed by atoms with Crippen LogP contribution in [0.15, 0.2) is 42.5 Å². The molecule has 1 fully saturated rings. The zero-order valence-electron chi connectivity index (χ0n) is 10.6. The third kappa shape index (κ3) is 1.95. The van der Waals surface area contributed by atoms with Gasteiger partial charge in [-0.2, -0.15) is 0 Å². The van der Waals surface area contributed by atoms with Gasteiger partial charge in [0.15, 0.2) is 0 Å². The van der Waals surface area contributed by atoms with Crippen LogP contribution in [0.2, 0.25) is 0 Å². The number of amides is 2. The molecule has 1 heterocycles. The van der Waals surface area contributed by atoms with E-state index in [0.717, 1.165) is 16.5 Å². The largest absolute Gasteiger partial charge is 0.345 e. The van der Waals surface area contributed by atoms with Crippen molar-refractivity contribution in [3.63, 3.8) is 0 Å². The highest BCUT2D eigenvalue weighted by Crippen LogP contribution is 2.24. The van der Waals surface area contributed by atoms with E-state index in [-0.39, 0.29) is 18.4 Å². The number of nitrogens with zero attached hydrogens (tertiary/aromatic N) is 1.